The standard InChI is InChI=1S/C25H27FN4O4/c1-34-23-10-15(4-7-27-23)13-29-8-5-16(6-9-29)18-11-17(26)12-19-20(18)14-30(25(19)33)21-2-3-22(31)28-24(21)32/h4,7,10-12,16,21H,2-3,5-6,8-9,13-14H2,1H3,(H,28,31,32). The number of benzene rings is 1. The van der Waals surface area contributed by atoms with Crippen molar-refractivity contribution in [3.05, 3.63) is 58.5 Å². The zero-order valence-corrected chi connectivity index (χ0v) is 19.1. The number of amides is 3. The first-order chi connectivity index (χ1) is 16.4. The Balaban J connectivity index is 1.30. The number of methoxy groups -OCH3 is 1. The monoisotopic (exact) mass is 466 g/mol. The van der Waals surface area contributed by atoms with Gasteiger partial charge in [-0.05, 0) is 73.2 Å². The van der Waals surface area contributed by atoms with Crippen molar-refractivity contribution < 1.29 is 23.5 Å². The molecule has 2 fully saturated rings. The number of imide groups is 1. The Morgan fingerprint density at radius 2 is 1.94 bits per heavy atom. The van der Waals surface area contributed by atoms with Crippen molar-refractivity contribution in [3.8, 4) is 5.88 Å². The van der Waals surface area contributed by atoms with Crippen molar-refractivity contribution in [1.82, 2.24) is 20.1 Å². The van der Waals surface area contributed by atoms with Crippen LogP contribution in [0.3, 0.4) is 0 Å². The summed E-state index contributed by atoms with van der Waals surface area (Å²) in [6, 6.07) is 6.03. The number of hydrogen-bond donors (Lipinski definition) is 1. The molecule has 2 aromatic rings. The Hall–Kier alpha value is -3.33. The number of nitrogens with one attached hydrogen (secondary N) is 1. The molecule has 0 aliphatic carbocycles. The van der Waals surface area contributed by atoms with Crippen LogP contribution in [0.2, 0.25) is 0 Å². The maximum atomic E-state index is 14.6. The number of rotatable bonds is 5. The molecule has 8 nitrogen and oxygen atoms in total. The zero-order valence-electron chi connectivity index (χ0n) is 19.1. The lowest BCUT2D eigenvalue weighted by atomic mass is 9.85. The normalized spacial score (nSPS) is 21.5. The van der Waals surface area contributed by atoms with Gasteiger partial charge in [-0.25, -0.2) is 9.37 Å². The van der Waals surface area contributed by atoms with Crippen molar-refractivity contribution in [3.63, 3.8) is 0 Å². The van der Waals surface area contributed by atoms with Gasteiger partial charge in [-0.15, -0.1) is 0 Å². The second kappa shape index (κ2) is 9.13. The van der Waals surface area contributed by atoms with Crippen LogP contribution in [0.5, 0.6) is 5.88 Å². The molecule has 1 aromatic carbocycles. The number of nitrogens with zero attached hydrogens (tertiary/aromatic N) is 3. The zero-order chi connectivity index (χ0) is 23.8. The molecule has 2 saturated heterocycles. The Bertz CT molecular complexity index is 1150. The maximum Gasteiger partial charge on any atom is 0.255 e. The largest absolute Gasteiger partial charge is 0.481 e. The summed E-state index contributed by atoms with van der Waals surface area (Å²) in [5.41, 5.74) is 3.14. The van der Waals surface area contributed by atoms with Crippen LogP contribution in [0, 0.1) is 5.82 Å². The molecule has 5 rings (SSSR count). The van der Waals surface area contributed by atoms with Gasteiger partial charge < -0.3 is 9.64 Å². The molecule has 0 saturated carbocycles. The highest BCUT2D eigenvalue weighted by molar-refractivity contribution is 6.05. The molecule has 3 amide bonds. The molecule has 0 spiro atoms. The van der Waals surface area contributed by atoms with Crippen LogP contribution in [0.15, 0.2) is 30.5 Å². The van der Waals surface area contributed by atoms with Crippen LogP contribution in [-0.2, 0) is 22.7 Å². The van der Waals surface area contributed by atoms with Crippen molar-refractivity contribution >= 4 is 17.7 Å². The van der Waals surface area contributed by atoms with Gasteiger partial charge in [0.25, 0.3) is 5.91 Å². The molecule has 178 valence electrons. The maximum absolute atomic E-state index is 14.6. The van der Waals surface area contributed by atoms with E-state index in [0.29, 0.717) is 17.9 Å². The summed E-state index contributed by atoms with van der Waals surface area (Å²) in [6.45, 7) is 2.76. The summed E-state index contributed by atoms with van der Waals surface area (Å²) in [4.78, 5) is 44.9. The molecular formula is C25H27FN4O4. The SMILES string of the molecule is COc1cc(CN2CCC(c3cc(F)cc4c3CN(C3CCC(=O)NC3=O)C4=O)CC2)ccn1. The van der Waals surface area contributed by atoms with Crippen molar-refractivity contribution in [2.75, 3.05) is 20.2 Å². The Labute approximate surface area is 197 Å². The molecular weight excluding hydrogens is 439 g/mol. The highest BCUT2D eigenvalue weighted by atomic mass is 19.1. The van der Waals surface area contributed by atoms with E-state index >= 15 is 0 Å². The van der Waals surface area contributed by atoms with E-state index in [0.717, 1.165) is 49.2 Å². The third-order valence-electron chi connectivity index (χ3n) is 7.10. The predicted octanol–water partition coefficient (Wildman–Crippen LogP) is 2.37. The number of halogens is 1. The molecule has 0 bridgehead atoms. The lowest BCUT2D eigenvalue weighted by molar-refractivity contribution is -0.136. The van der Waals surface area contributed by atoms with E-state index in [-0.39, 0.29) is 30.7 Å². The molecule has 1 atom stereocenters. The van der Waals surface area contributed by atoms with Gasteiger partial charge >= 0.3 is 0 Å². The number of pyridine rings is 1. The quantitative estimate of drug-likeness (QED) is 0.681. The van der Waals surface area contributed by atoms with Gasteiger partial charge in [-0.3, -0.25) is 24.6 Å². The first kappa shape index (κ1) is 22.5. The molecule has 1 unspecified atom stereocenters. The number of fused-ring (bicyclic) bond motifs is 1. The van der Waals surface area contributed by atoms with Gasteiger partial charge in [0.05, 0.1) is 7.11 Å². The Kier molecular flexibility index (Phi) is 6.03. The van der Waals surface area contributed by atoms with Gasteiger partial charge in [0, 0.05) is 37.3 Å². The van der Waals surface area contributed by atoms with Crippen LogP contribution in [0.4, 0.5) is 4.39 Å². The third-order valence-corrected chi connectivity index (χ3v) is 7.10. The molecule has 9 heteroatoms. The van der Waals surface area contributed by atoms with Gasteiger partial charge in [0.1, 0.15) is 11.9 Å². The fourth-order valence-corrected chi connectivity index (χ4v) is 5.34. The van der Waals surface area contributed by atoms with E-state index in [4.69, 9.17) is 4.74 Å². The van der Waals surface area contributed by atoms with E-state index in [1.165, 1.54) is 11.0 Å². The average molecular weight is 467 g/mol. The summed E-state index contributed by atoms with van der Waals surface area (Å²) < 4.78 is 19.8. The first-order valence-corrected chi connectivity index (χ1v) is 11.6. The minimum Gasteiger partial charge on any atom is -0.481 e. The molecule has 3 aliphatic rings. The van der Waals surface area contributed by atoms with Crippen LogP contribution in [0.1, 0.15) is 58.6 Å². The fraction of sp³-hybridized carbons (Fsp3) is 0.440. The number of aromatic nitrogens is 1. The van der Waals surface area contributed by atoms with Gasteiger partial charge in [-0.2, -0.15) is 0 Å². The number of carbonyl (C=O) groups excluding carboxylic acids is 3. The van der Waals surface area contributed by atoms with Crippen molar-refractivity contribution in [1.29, 1.82) is 0 Å². The second-order valence-corrected chi connectivity index (χ2v) is 9.18. The van der Waals surface area contributed by atoms with E-state index in [9.17, 15) is 18.8 Å². The molecule has 4 heterocycles. The van der Waals surface area contributed by atoms with Gasteiger partial charge in [0.2, 0.25) is 17.7 Å². The first-order valence-electron chi connectivity index (χ1n) is 11.6. The third kappa shape index (κ3) is 4.27. The smallest absolute Gasteiger partial charge is 0.255 e. The van der Waals surface area contributed by atoms with E-state index in [2.05, 4.69) is 15.2 Å². The van der Waals surface area contributed by atoms with Crippen LogP contribution >= 0.6 is 0 Å². The number of carbonyl (C=O) groups is 3. The molecule has 34 heavy (non-hydrogen) atoms. The lowest BCUT2D eigenvalue weighted by Crippen LogP contribution is -2.52. The number of piperidine rings is 2. The number of likely N-dealkylation sites (tertiary alicyclic amines) is 1. The van der Waals surface area contributed by atoms with Crippen LogP contribution < -0.4 is 10.1 Å². The van der Waals surface area contributed by atoms with Gasteiger partial charge in [-0.1, -0.05) is 0 Å². The molecule has 0 radical (unpaired) electrons. The molecule has 1 N–H and O–H groups in total. The average Bonchev–Trinajstić information content (AvgIpc) is 3.15. The predicted molar refractivity (Wildman–Crippen MR) is 120 cm³/mol. The number of ether oxygens (including phenoxy) is 1. The van der Waals surface area contributed by atoms with E-state index in [1.54, 1.807) is 19.4 Å². The minimum atomic E-state index is -0.701. The van der Waals surface area contributed by atoms with Crippen LogP contribution in [0.25, 0.3) is 0 Å². The lowest BCUT2D eigenvalue weighted by Gasteiger charge is -2.33. The number of hydrogen-bond acceptors (Lipinski definition) is 6. The summed E-state index contributed by atoms with van der Waals surface area (Å²) in [5, 5.41) is 2.31. The summed E-state index contributed by atoms with van der Waals surface area (Å²) >= 11 is 0. The van der Waals surface area contributed by atoms with Crippen LogP contribution in [-0.4, -0.2) is 58.7 Å². The highest BCUT2D eigenvalue weighted by Gasteiger charge is 2.41. The van der Waals surface area contributed by atoms with E-state index < -0.39 is 17.8 Å². The minimum absolute atomic E-state index is 0.141. The van der Waals surface area contributed by atoms with Crippen molar-refractivity contribution in [2.45, 2.75) is 50.7 Å². The highest BCUT2D eigenvalue weighted by Crippen LogP contribution is 2.38. The summed E-state index contributed by atoms with van der Waals surface area (Å²) in [6.07, 6.45) is 3.93. The van der Waals surface area contributed by atoms with E-state index in [1.807, 2.05) is 12.1 Å². The summed E-state index contributed by atoms with van der Waals surface area (Å²) in [7, 11) is 1.60. The topological polar surface area (TPSA) is 91.8 Å². The fourth-order valence-electron chi connectivity index (χ4n) is 5.34. The second-order valence-electron chi connectivity index (χ2n) is 9.18. The summed E-state index contributed by atoms with van der Waals surface area (Å²) in [5.74, 6) is -0.822. The molecule has 3 aliphatic heterocycles. The Morgan fingerprint density at radius 3 is 2.68 bits per heavy atom. The van der Waals surface area contributed by atoms with Crippen molar-refractivity contribution in [2.24, 2.45) is 0 Å². The molecule has 1 aromatic heterocycles. The van der Waals surface area contributed by atoms with Gasteiger partial charge in [0.15, 0.2) is 0 Å². The Morgan fingerprint density at radius 1 is 1.15 bits per heavy atom.